The summed E-state index contributed by atoms with van der Waals surface area (Å²) in [5.41, 5.74) is 3.12. The maximum atomic E-state index is 2.33. The van der Waals surface area contributed by atoms with Crippen molar-refractivity contribution < 1.29 is 21.2 Å². The van der Waals surface area contributed by atoms with Gasteiger partial charge < -0.3 is 0 Å². The second-order valence-electron chi connectivity index (χ2n) is 5.44. The van der Waals surface area contributed by atoms with Crippen LogP contribution in [0.15, 0.2) is 48.5 Å². The molecule has 0 radical (unpaired) electrons. The second kappa shape index (κ2) is 6.56. The van der Waals surface area contributed by atoms with E-state index in [2.05, 4.69) is 76.2 Å². The van der Waals surface area contributed by atoms with Gasteiger partial charge in [0.1, 0.15) is 0 Å². The monoisotopic (exact) mass is 365 g/mol. The third-order valence-corrected chi connectivity index (χ3v) is 6.09. The first kappa shape index (κ1) is 14.6. The molecule has 2 rings (SSSR count). The molecule has 1 heteroatoms. The summed E-state index contributed by atoms with van der Waals surface area (Å²) in [6.07, 6.45) is 0. The second-order valence-corrected chi connectivity index (χ2v) is 8.39. The first-order valence-corrected chi connectivity index (χ1v) is 9.08. The van der Waals surface area contributed by atoms with Crippen LogP contribution in [0.1, 0.15) is 50.7 Å². The fourth-order valence-corrected chi connectivity index (χ4v) is 5.40. The van der Waals surface area contributed by atoms with E-state index >= 15 is 0 Å². The molecule has 0 N–H and O–H groups in total. The lowest BCUT2D eigenvalue weighted by molar-refractivity contribution is -0.598. The van der Waals surface area contributed by atoms with Gasteiger partial charge in [-0.25, -0.2) is 0 Å². The molecular formula is C18H22I+. The molecule has 0 saturated carbocycles. The van der Waals surface area contributed by atoms with Crippen molar-refractivity contribution in [3.8, 4) is 0 Å². The molecule has 0 bridgehead atoms. The molecule has 0 fully saturated rings. The van der Waals surface area contributed by atoms with E-state index in [-0.39, 0.29) is 21.2 Å². The van der Waals surface area contributed by atoms with Crippen LogP contribution < -0.4 is 21.2 Å². The maximum absolute atomic E-state index is 2.33. The highest BCUT2D eigenvalue weighted by molar-refractivity contribution is 5.31. The summed E-state index contributed by atoms with van der Waals surface area (Å²) in [4.78, 5) is 0. The van der Waals surface area contributed by atoms with Crippen LogP contribution in [0.25, 0.3) is 0 Å². The lowest BCUT2D eigenvalue weighted by Gasteiger charge is -2.15. The summed E-state index contributed by atoms with van der Waals surface area (Å²) in [5, 5.41) is 0. The quantitative estimate of drug-likeness (QED) is 0.728. The third-order valence-electron chi connectivity index (χ3n) is 3.23. The highest BCUT2D eigenvalue weighted by atomic mass is 127. The standard InChI is InChI=1S/C18H22I/c1-13(2)16-11-8-12-17(18(16)14(3)4)19-15-9-6-5-7-10-15/h5-14H,1-4H3/q+1. The fraction of sp³-hybridized carbons (Fsp3) is 0.333. The number of benzene rings is 2. The molecule has 0 saturated heterocycles. The number of halogens is 1. The molecule has 0 atom stereocenters. The van der Waals surface area contributed by atoms with E-state index in [1.165, 1.54) is 9.13 Å². The Hall–Kier alpha value is -0.830. The predicted octanol–water partition coefficient (Wildman–Crippen LogP) is 2.06. The zero-order valence-corrected chi connectivity index (χ0v) is 14.3. The van der Waals surface area contributed by atoms with Gasteiger partial charge in [0.25, 0.3) is 0 Å². The smallest absolute Gasteiger partial charge is 0.0619 e. The molecule has 2 aromatic carbocycles. The fourth-order valence-electron chi connectivity index (χ4n) is 2.34. The molecule has 2 aromatic rings. The molecule has 0 aliphatic carbocycles. The predicted molar refractivity (Wildman–Crippen MR) is 78.5 cm³/mol. The minimum absolute atomic E-state index is 0.0689. The van der Waals surface area contributed by atoms with E-state index in [0.717, 1.165) is 0 Å². The van der Waals surface area contributed by atoms with Gasteiger partial charge in [-0.05, 0) is 35.6 Å². The van der Waals surface area contributed by atoms with Gasteiger partial charge in [0.05, 0.1) is 0 Å². The Bertz CT molecular complexity index is 527. The summed E-state index contributed by atoms with van der Waals surface area (Å²) in [5.74, 6) is 1.22. The lowest BCUT2D eigenvalue weighted by Crippen LogP contribution is -3.61. The molecule has 0 heterocycles. The van der Waals surface area contributed by atoms with Crippen LogP contribution in [0.2, 0.25) is 0 Å². The van der Waals surface area contributed by atoms with Crippen molar-refractivity contribution in [2.45, 2.75) is 39.5 Å². The summed E-state index contributed by atoms with van der Waals surface area (Å²) in [7, 11) is 0. The SMILES string of the molecule is CC(C)c1cccc([I+]c2ccccc2)c1C(C)C. The zero-order chi connectivity index (χ0) is 13.8. The lowest BCUT2D eigenvalue weighted by atomic mass is 9.91. The Labute approximate surface area is 127 Å². The van der Waals surface area contributed by atoms with Gasteiger partial charge in [-0.1, -0.05) is 58.0 Å². The van der Waals surface area contributed by atoms with E-state index in [1.807, 2.05) is 0 Å². The first-order chi connectivity index (χ1) is 9.09. The summed E-state index contributed by atoms with van der Waals surface area (Å²) < 4.78 is 3.09. The average molecular weight is 365 g/mol. The van der Waals surface area contributed by atoms with Gasteiger partial charge in [-0.3, -0.25) is 0 Å². The molecule has 0 aromatic heterocycles. The van der Waals surface area contributed by atoms with Crippen LogP contribution in [0.4, 0.5) is 0 Å². The number of hydrogen-bond donors (Lipinski definition) is 0. The van der Waals surface area contributed by atoms with E-state index in [1.54, 1.807) is 9.13 Å². The van der Waals surface area contributed by atoms with Crippen LogP contribution in [-0.4, -0.2) is 0 Å². The van der Waals surface area contributed by atoms with Gasteiger partial charge in [0, 0.05) is 5.56 Å². The Kier molecular flexibility index (Phi) is 5.03. The molecule has 0 amide bonds. The third kappa shape index (κ3) is 3.59. The number of hydrogen-bond acceptors (Lipinski definition) is 0. The highest BCUT2D eigenvalue weighted by Gasteiger charge is 2.24. The van der Waals surface area contributed by atoms with Crippen LogP contribution in [-0.2, 0) is 0 Å². The Morgan fingerprint density at radius 2 is 1.42 bits per heavy atom. The van der Waals surface area contributed by atoms with Gasteiger partial charge in [-0.15, -0.1) is 0 Å². The topological polar surface area (TPSA) is 0 Å². The first-order valence-electron chi connectivity index (χ1n) is 6.92. The molecule has 0 aliphatic rings. The average Bonchev–Trinajstić information content (AvgIpc) is 2.39. The van der Waals surface area contributed by atoms with Crippen LogP contribution in [0.5, 0.6) is 0 Å². The van der Waals surface area contributed by atoms with Gasteiger partial charge in [0.15, 0.2) is 7.14 Å². The molecule has 0 nitrogen and oxygen atoms in total. The van der Waals surface area contributed by atoms with E-state index in [0.29, 0.717) is 11.8 Å². The molecule has 0 unspecified atom stereocenters. The Morgan fingerprint density at radius 1 is 0.737 bits per heavy atom. The molecule has 0 aliphatic heterocycles. The Morgan fingerprint density at radius 3 is 2.00 bits per heavy atom. The van der Waals surface area contributed by atoms with Crippen molar-refractivity contribution >= 4 is 0 Å². The van der Waals surface area contributed by atoms with Crippen LogP contribution >= 0.6 is 0 Å². The number of rotatable bonds is 4. The van der Waals surface area contributed by atoms with Crippen molar-refractivity contribution in [1.29, 1.82) is 0 Å². The molecular weight excluding hydrogens is 343 g/mol. The summed E-state index contributed by atoms with van der Waals surface area (Å²) >= 11 is -0.0689. The minimum atomic E-state index is -0.0689. The summed E-state index contributed by atoms with van der Waals surface area (Å²) in [6, 6.07) is 17.8. The van der Waals surface area contributed by atoms with Crippen molar-refractivity contribution in [1.82, 2.24) is 0 Å². The van der Waals surface area contributed by atoms with Crippen molar-refractivity contribution in [3.05, 3.63) is 66.8 Å². The van der Waals surface area contributed by atoms with E-state index in [9.17, 15) is 0 Å². The molecule has 0 spiro atoms. The molecule has 100 valence electrons. The van der Waals surface area contributed by atoms with E-state index in [4.69, 9.17) is 0 Å². The minimum Gasteiger partial charge on any atom is -0.0619 e. The van der Waals surface area contributed by atoms with Crippen molar-refractivity contribution in [3.63, 3.8) is 0 Å². The highest BCUT2D eigenvalue weighted by Crippen LogP contribution is 2.25. The van der Waals surface area contributed by atoms with Gasteiger partial charge in [-0.2, -0.15) is 0 Å². The molecule has 19 heavy (non-hydrogen) atoms. The van der Waals surface area contributed by atoms with Gasteiger partial charge >= 0.3 is 21.2 Å². The van der Waals surface area contributed by atoms with Crippen molar-refractivity contribution in [2.24, 2.45) is 0 Å². The summed E-state index contributed by atoms with van der Waals surface area (Å²) in [6.45, 7) is 9.23. The van der Waals surface area contributed by atoms with Crippen molar-refractivity contribution in [2.75, 3.05) is 0 Å². The van der Waals surface area contributed by atoms with E-state index < -0.39 is 0 Å². The largest absolute Gasteiger partial charge is 0.358 e. The van der Waals surface area contributed by atoms with Gasteiger partial charge in [0.2, 0.25) is 0 Å². The normalized spacial score (nSPS) is 11.3. The Balaban J connectivity index is 2.42. The maximum Gasteiger partial charge on any atom is 0.358 e. The zero-order valence-electron chi connectivity index (χ0n) is 12.2. The van der Waals surface area contributed by atoms with Crippen LogP contribution in [0.3, 0.4) is 0 Å². The van der Waals surface area contributed by atoms with Crippen LogP contribution in [0, 0.1) is 7.14 Å².